The molecular formula is C23H14ClFN5O5S2. The molecule has 0 unspecified atom stereocenters. The Hall–Kier alpha value is -4.07. The molecule has 14 heteroatoms. The number of primary amides is 1. The first-order chi connectivity index (χ1) is 17.6. The van der Waals surface area contributed by atoms with E-state index in [0.29, 0.717) is 10.4 Å². The minimum Gasteiger partial charge on any atom is -0.505 e. The maximum absolute atomic E-state index is 13.6. The number of hydrogen-bond acceptors (Lipinski definition) is 8. The van der Waals surface area contributed by atoms with Gasteiger partial charge >= 0.3 is 0 Å². The minimum absolute atomic E-state index is 0.0259. The average Bonchev–Trinajstić information content (AvgIpc) is 3.37. The topological polar surface area (TPSA) is 157 Å². The van der Waals surface area contributed by atoms with Gasteiger partial charge in [0, 0.05) is 0 Å². The van der Waals surface area contributed by atoms with Gasteiger partial charge in [-0.2, -0.15) is 5.10 Å². The van der Waals surface area contributed by atoms with E-state index in [-0.39, 0.29) is 33.4 Å². The van der Waals surface area contributed by atoms with Crippen molar-refractivity contribution in [1.82, 2.24) is 14.5 Å². The number of benzene rings is 2. The van der Waals surface area contributed by atoms with Crippen molar-refractivity contribution in [3.63, 3.8) is 0 Å². The Labute approximate surface area is 217 Å². The molecule has 0 saturated carbocycles. The van der Waals surface area contributed by atoms with Crippen LogP contribution in [0, 0.1) is 11.9 Å². The lowest BCUT2D eigenvalue weighted by Gasteiger charge is -2.20. The Morgan fingerprint density at radius 3 is 2.76 bits per heavy atom. The third-order valence-electron chi connectivity index (χ3n) is 5.38. The van der Waals surface area contributed by atoms with E-state index in [4.69, 9.17) is 17.3 Å². The van der Waals surface area contributed by atoms with Crippen LogP contribution in [0.4, 0.5) is 10.1 Å². The van der Waals surface area contributed by atoms with E-state index >= 15 is 0 Å². The molecule has 0 atom stereocenters. The van der Waals surface area contributed by atoms with E-state index in [1.54, 1.807) is 17.5 Å². The first-order valence-corrected chi connectivity index (χ1v) is 13.1. The van der Waals surface area contributed by atoms with Crippen molar-refractivity contribution in [3.05, 3.63) is 91.8 Å². The van der Waals surface area contributed by atoms with Crippen LogP contribution < -0.4 is 16.0 Å². The van der Waals surface area contributed by atoms with Crippen LogP contribution in [0.5, 0.6) is 5.75 Å². The summed E-state index contributed by atoms with van der Waals surface area (Å²) in [6.07, 6.45) is 0. The lowest BCUT2D eigenvalue weighted by molar-refractivity contribution is 0.100. The van der Waals surface area contributed by atoms with E-state index in [0.717, 1.165) is 16.8 Å². The molecule has 4 N–H and O–H groups in total. The van der Waals surface area contributed by atoms with Crippen LogP contribution >= 0.6 is 22.9 Å². The van der Waals surface area contributed by atoms with Gasteiger partial charge in [-0.15, -0.1) is 11.3 Å². The average molecular weight is 559 g/mol. The molecule has 5 rings (SSSR count). The number of amides is 1. The molecule has 37 heavy (non-hydrogen) atoms. The highest BCUT2D eigenvalue weighted by Gasteiger charge is 2.33. The van der Waals surface area contributed by atoms with Gasteiger partial charge in [0.05, 0.1) is 27.7 Å². The number of nitrogens with zero attached hydrogens (tertiary/aromatic N) is 3. The predicted molar refractivity (Wildman–Crippen MR) is 134 cm³/mol. The monoisotopic (exact) mass is 558 g/mol. The van der Waals surface area contributed by atoms with Gasteiger partial charge in [0.15, 0.2) is 11.6 Å². The summed E-state index contributed by atoms with van der Waals surface area (Å²) in [4.78, 5) is 29.8. The summed E-state index contributed by atoms with van der Waals surface area (Å²) >= 11 is 7.09. The molecule has 1 aliphatic heterocycles. The number of sulfonamides is 1. The zero-order valence-electron chi connectivity index (χ0n) is 18.4. The number of carbonyl (C=O) groups is 1. The second-order valence-corrected chi connectivity index (χ2v) is 10.8. The molecule has 2 aromatic heterocycles. The van der Waals surface area contributed by atoms with Crippen LogP contribution in [0.1, 0.15) is 21.5 Å². The van der Waals surface area contributed by atoms with E-state index < -0.39 is 44.5 Å². The van der Waals surface area contributed by atoms with Gasteiger partial charge in [0.2, 0.25) is 0 Å². The fourth-order valence-corrected chi connectivity index (χ4v) is 5.73. The standard InChI is InChI=1S/C23H14ClFN5O5S2/c24-13-9-11(6-7-14(13)25)10-30-23(33)17(20(31)19(28-30)15-4-2-8-36-15)22-27-18-12(21(26)32)3-1-5-16(18)37(34,35)29-22/h2-9,31H,10H2,(H2,26,32)(H,27,29). The van der Waals surface area contributed by atoms with Crippen molar-refractivity contribution in [2.75, 3.05) is 0 Å². The second kappa shape index (κ2) is 9.10. The van der Waals surface area contributed by atoms with E-state index in [2.05, 4.69) is 20.9 Å². The number of aromatic hydroxyl groups is 1. The van der Waals surface area contributed by atoms with Crippen molar-refractivity contribution >= 4 is 50.4 Å². The van der Waals surface area contributed by atoms with Crippen LogP contribution in [0.2, 0.25) is 5.02 Å². The normalized spacial score (nSPS) is 13.9. The van der Waals surface area contributed by atoms with Gasteiger partial charge in [-0.25, -0.2) is 22.5 Å². The molecule has 0 fully saturated rings. The largest absolute Gasteiger partial charge is 0.505 e. The summed E-state index contributed by atoms with van der Waals surface area (Å²) < 4.78 is 42.8. The Kier molecular flexibility index (Phi) is 6.06. The Morgan fingerprint density at radius 2 is 2.08 bits per heavy atom. The number of amidine groups is 1. The van der Waals surface area contributed by atoms with Gasteiger partial charge in [-0.1, -0.05) is 23.7 Å². The van der Waals surface area contributed by atoms with Crippen LogP contribution in [-0.2, 0) is 16.6 Å². The quantitative estimate of drug-likeness (QED) is 0.342. The summed E-state index contributed by atoms with van der Waals surface area (Å²) in [6, 6.07) is 12.0. The Morgan fingerprint density at radius 1 is 1.30 bits per heavy atom. The first-order valence-electron chi connectivity index (χ1n) is 10.3. The Bertz CT molecular complexity index is 1790. The van der Waals surface area contributed by atoms with Crippen molar-refractivity contribution in [1.29, 1.82) is 0 Å². The number of hydrogen-bond donors (Lipinski definition) is 3. The van der Waals surface area contributed by atoms with Gasteiger partial charge in [-0.05, 0) is 47.3 Å². The zero-order valence-corrected chi connectivity index (χ0v) is 20.8. The van der Waals surface area contributed by atoms with Gasteiger partial charge in [-0.3, -0.25) is 14.3 Å². The number of aliphatic imine (C=N–C) groups is 1. The van der Waals surface area contributed by atoms with Crippen molar-refractivity contribution in [2.45, 2.75) is 11.4 Å². The molecule has 187 valence electrons. The summed E-state index contributed by atoms with van der Waals surface area (Å²) in [5.74, 6) is -2.77. The van der Waals surface area contributed by atoms with Crippen LogP contribution in [0.3, 0.4) is 0 Å². The minimum atomic E-state index is -4.33. The van der Waals surface area contributed by atoms with Crippen LogP contribution in [-0.4, -0.2) is 35.0 Å². The lowest BCUT2D eigenvalue weighted by atomic mass is 10.1. The van der Waals surface area contributed by atoms with Crippen molar-refractivity contribution < 1.29 is 22.7 Å². The highest BCUT2D eigenvalue weighted by Crippen LogP contribution is 2.36. The molecule has 0 saturated heterocycles. The highest BCUT2D eigenvalue weighted by molar-refractivity contribution is 7.90. The molecule has 4 aromatic rings. The molecule has 0 spiro atoms. The SMILES string of the molecule is NC(=O)c1c[c]cc2c1N=C(c1c(O)c(-c3cccs3)nn(Cc3ccc(F)c(Cl)c3)c1=O)NS2(=O)=O. The van der Waals surface area contributed by atoms with Crippen LogP contribution in [0.15, 0.2) is 62.5 Å². The second-order valence-electron chi connectivity index (χ2n) is 7.77. The van der Waals surface area contributed by atoms with Gasteiger partial charge in [0.25, 0.3) is 21.5 Å². The third-order valence-corrected chi connectivity index (χ3v) is 7.90. The third kappa shape index (κ3) is 4.37. The van der Waals surface area contributed by atoms with Crippen molar-refractivity contribution in [2.24, 2.45) is 10.7 Å². The number of aromatic nitrogens is 2. The Balaban J connectivity index is 1.77. The summed E-state index contributed by atoms with van der Waals surface area (Å²) in [6.45, 7) is -0.192. The maximum Gasteiger partial charge on any atom is 0.281 e. The molecular weight excluding hydrogens is 545 g/mol. The fourth-order valence-electron chi connectivity index (χ4n) is 3.67. The number of rotatable bonds is 5. The summed E-state index contributed by atoms with van der Waals surface area (Å²) in [5.41, 5.74) is 3.81. The zero-order chi connectivity index (χ0) is 26.5. The van der Waals surface area contributed by atoms with E-state index in [9.17, 15) is 27.5 Å². The number of halogens is 2. The smallest absolute Gasteiger partial charge is 0.281 e. The molecule has 0 aliphatic carbocycles. The molecule has 0 bridgehead atoms. The summed E-state index contributed by atoms with van der Waals surface area (Å²) in [5, 5.41) is 16.9. The molecule has 10 nitrogen and oxygen atoms in total. The number of nitrogens with two attached hydrogens (primary N) is 1. The van der Waals surface area contributed by atoms with Gasteiger partial charge in [0.1, 0.15) is 22.0 Å². The van der Waals surface area contributed by atoms with Gasteiger partial charge < -0.3 is 10.8 Å². The van der Waals surface area contributed by atoms with E-state index in [1.165, 1.54) is 29.5 Å². The predicted octanol–water partition coefficient (Wildman–Crippen LogP) is 2.79. The van der Waals surface area contributed by atoms with Crippen molar-refractivity contribution in [3.8, 4) is 16.3 Å². The highest BCUT2D eigenvalue weighted by atomic mass is 35.5. The fraction of sp³-hybridized carbons (Fsp3) is 0.0435. The number of carbonyl (C=O) groups excluding carboxylic acids is 1. The number of thiophene rings is 1. The first kappa shape index (κ1) is 24.6. The molecule has 1 amide bonds. The summed E-state index contributed by atoms with van der Waals surface area (Å²) in [7, 11) is -4.33. The number of fused-ring (bicyclic) bond motifs is 1. The number of nitrogens with one attached hydrogen (secondary N) is 1. The molecule has 1 radical (unpaired) electrons. The molecule has 2 aromatic carbocycles. The lowest BCUT2D eigenvalue weighted by Crippen LogP contribution is -2.40. The molecule has 3 heterocycles. The molecule has 1 aliphatic rings. The van der Waals surface area contributed by atoms with Crippen LogP contribution in [0.25, 0.3) is 10.6 Å². The van der Waals surface area contributed by atoms with E-state index in [1.807, 2.05) is 0 Å². The maximum atomic E-state index is 13.6.